The Hall–Kier alpha value is -2.90. The highest BCUT2D eigenvalue weighted by molar-refractivity contribution is 5.78. The quantitative estimate of drug-likeness (QED) is 0.731. The van der Waals surface area contributed by atoms with E-state index < -0.39 is 5.97 Å². The van der Waals surface area contributed by atoms with E-state index in [0.29, 0.717) is 18.1 Å². The van der Waals surface area contributed by atoms with Crippen LogP contribution in [0.15, 0.2) is 28.8 Å². The van der Waals surface area contributed by atoms with Gasteiger partial charge in [0.1, 0.15) is 5.75 Å². The summed E-state index contributed by atoms with van der Waals surface area (Å²) in [6.45, 7) is 0.250. The lowest BCUT2D eigenvalue weighted by atomic mass is 10.2. The van der Waals surface area contributed by atoms with Gasteiger partial charge >= 0.3 is 5.97 Å². The molecule has 1 amide bonds. The number of amides is 1. The summed E-state index contributed by atoms with van der Waals surface area (Å²) in [5.74, 6) is 0.616. The first-order valence-corrected chi connectivity index (χ1v) is 8.55. The predicted octanol–water partition coefficient (Wildman–Crippen LogP) is 2.14. The summed E-state index contributed by atoms with van der Waals surface area (Å²) in [5.41, 5.74) is 0.799. The molecule has 1 N–H and O–H groups in total. The molecule has 0 saturated heterocycles. The zero-order chi connectivity index (χ0) is 18.5. The van der Waals surface area contributed by atoms with E-state index >= 15 is 0 Å². The Labute approximate surface area is 150 Å². The molecule has 26 heavy (non-hydrogen) atoms. The number of carbonyl (C=O) groups excluding carboxylic acids is 1. The fourth-order valence-corrected chi connectivity index (χ4v) is 2.68. The number of benzene rings is 1. The third-order valence-corrected chi connectivity index (χ3v) is 4.24. The number of carbonyl (C=O) groups is 2. The SMILES string of the molecule is COc1ccc(-c2noc(CCC(=O)N(CCC(=O)O)C3CC3)n2)cc1. The van der Waals surface area contributed by atoms with E-state index in [1.807, 2.05) is 24.3 Å². The van der Waals surface area contributed by atoms with E-state index in [9.17, 15) is 9.59 Å². The van der Waals surface area contributed by atoms with Gasteiger partial charge in [-0.05, 0) is 37.1 Å². The van der Waals surface area contributed by atoms with Crippen molar-refractivity contribution in [3.63, 3.8) is 0 Å². The number of aliphatic carboxylic acids is 1. The molecule has 3 rings (SSSR count). The lowest BCUT2D eigenvalue weighted by Gasteiger charge is -2.21. The van der Waals surface area contributed by atoms with Crippen LogP contribution in [0.25, 0.3) is 11.4 Å². The van der Waals surface area contributed by atoms with Gasteiger partial charge in [0.15, 0.2) is 0 Å². The Bertz CT molecular complexity index is 767. The summed E-state index contributed by atoms with van der Waals surface area (Å²) in [5, 5.41) is 12.8. The summed E-state index contributed by atoms with van der Waals surface area (Å²) in [7, 11) is 1.60. The molecule has 2 aromatic rings. The van der Waals surface area contributed by atoms with Crippen LogP contribution in [0.4, 0.5) is 0 Å². The standard InChI is InChI=1S/C18H21N3O5/c1-25-14-6-2-12(3-7-14)18-19-15(26-20-18)8-9-16(22)21(13-4-5-13)11-10-17(23)24/h2-3,6-7,13H,4-5,8-11H2,1H3,(H,23,24). The van der Waals surface area contributed by atoms with Crippen LogP contribution in [-0.4, -0.2) is 51.7 Å². The van der Waals surface area contributed by atoms with Crippen LogP contribution >= 0.6 is 0 Å². The van der Waals surface area contributed by atoms with Gasteiger partial charge in [-0.15, -0.1) is 0 Å². The van der Waals surface area contributed by atoms with Gasteiger partial charge in [-0.25, -0.2) is 0 Å². The maximum atomic E-state index is 12.4. The van der Waals surface area contributed by atoms with Crippen molar-refractivity contribution in [2.75, 3.05) is 13.7 Å². The molecule has 0 aliphatic heterocycles. The van der Waals surface area contributed by atoms with Crippen LogP contribution in [0.5, 0.6) is 5.75 Å². The Morgan fingerprint density at radius 1 is 1.27 bits per heavy atom. The monoisotopic (exact) mass is 359 g/mol. The molecule has 0 bridgehead atoms. The zero-order valence-corrected chi connectivity index (χ0v) is 14.6. The van der Waals surface area contributed by atoms with Crippen molar-refractivity contribution < 1.29 is 24.0 Å². The summed E-state index contributed by atoms with van der Waals surface area (Å²) in [4.78, 5) is 29.1. The molecule has 1 fully saturated rings. The van der Waals surface area contributed by atoms with Crippen LogP contribution in [0.2, 0.25) is 0 Å². The number of nitrogens with zero attached hydrogens (tertiary/aromatic N) is 3. The normalized spacial score (nSPS) is 13.4. The van der Waals surface area contributed by atoms with E-state index in [4.69, 9.17) is 14.4 Å². The molecule has 1 aromatic heterocycles. The van der Waals surface area contributed by atoms with Crippen molar-refractivity contribution in [2.45, 2.75) is 38.1 Å². The molecule has 8 nitrogen and oxygen atoms in total. The van der Waals surface area contributed by atoms with Crippen molar-refractivity contribution in [1.82, 2.24) is 15.0 Å². The molecule has 1 heterocycles. The minimum Gasteiger partial charge on any atom is -0.497 e. The number of ether oxygens (including phenoxy) is 1. The molecule has 1 aliphatic carbocycles. The van der Waals surface area contributed by atoms with Gasteiger partial charge in [0, 0.05) is 31.0 Å². The van der Waals surface area contributed by atoms with Gasteiger partial charge in [0.25, 0.3) is 0 Å². The van der Waals surface area contributed by atoms with Crippen LogP contribution in [0.1, 0.15) is 31.6 Å². The Morgan fingerprint density at radius 3 is 2.62 bits per heavy atom. The minimum absolute atomic E-state index is 0.0373. The zero-order valence-electron chi connectivity index (χ0n) is 14.6. The second kappa shape index (κ2) is 7.99. The van der Waals surface area contributed by atoms with Gasteiger partial charge in [-0.2, -0.15) is 4.98 Å². The number of aromatic nitrogens is 2. The van der Waals surface area contributed by atoms with Gasteiger partial charge in [-0.1, -0.05) is 5.16 Å². The van der Waals surface area contributed by atoms with E-state index in [2.05, 4.69) is 10.1 Å². The summed E-state index contributed by atoms with van der Waals surface area (Å²) < 4.78 is 10.3. The van der Waals surface area contributed by atoms with Crippen molar-refractivity contribution in [3.05, 3.63) is 30.2 Å². The van der Waals surface area contributed by atoms with Crippen molar-refractivity contribution >= 4 is 11.9 Å². The van der Waals surface area contributed by atoms with Crippen LogP contribution < -0.4 is 4.74 Å². The Morgan fingerprint density at radius 2 is 2.00 bits per heavy atom. The largest absolute Gasteiger partial charge is 0.497 e. The van der Waals surface area contributed by atoms with Gasteiger partial charge < -0.3 is 19.3 Å². The highest BCUT2D eigenvalue weighted by atomic mass is 16.5. The van der Waals surface area contributed by atoms with Gasteiger partial charge in [-0.3, -0.25) is 9.59 Å². The Kier molecular flexibility index (Phi) is 5.50. The highest BCUT2D eigenvalue weighted by Crippen LogP contribution is 2.28. The molecule has 1 saturated carbocycles. The number of rotatable bonds is 9. The summed E-state index contributed by atoms with van der Waals surface area (Å²) >= 11 is 0. The van der Waals surface area contributed by atoms with E-state index in [1.54, 1.807) is 12.0 Å². The number of methoxy groups -OCH3 is 1. The molecule has 0 atom stereocenters. The number of aryl methyl sites for hydroxylation is 1. The molecular formula is C18H21N3O5. The minimum atomic E-state index is -0.899. The first-order chi connectivity index (χ1) is 12.6. The second-order valence-electron chi connectivity index (χ2n) is 6.20. The molecule has 1 aromatic carbocycles. The number of carboxylic acids is 1. The highest BCUT2D eigenvalue weighted by Gasteiger charge is 2.32. The van der Waals surface area contributed by atoms with Gasteiger partial charge in [0.05, 0.1) is 13.5 Å². The van der Waals surface area contributed by atoms with E-state index in [1.165, 1.54) is 0 Å². The van der Waals surface area contributed by atoms with Crippen LogP contribution in [-0.2, 0) is 16.0 Å². The fraction of sp³-hybridized carbons (Fsp3) is 0.444. The van der Waals surface area contributed by atoms with E-state index in [-0.39, 0.29) is 31.3 Å². The van der Waals surface area contributed by atoms with E-state index in [0.717, 1.165) is 24.2 Å². The predicted molar refractivity (Wildman–Crippen MR) is 91.6 cm³/mol. The first kappa shape index (κ1) is 17.9. The third kappa shape index (κ3) is 4.59. The average molecular weight is 359 g/mol. The molecular weight excluding hydrogens is 338 g/mol. The molecule has 8 heteroatoms. The third-order valence-electron chi connectivity index (χ3n) is 4.24. The fourth-order valence-electron chi connectivity index (χ4n) is 2.68. The summed E-state index contributed by atoms with van der Waals surface area (Å²) in [6.07, 6.45) is 2.39. The molecule has 138 valence electrons. The average Bonchev–Trinajstić information content (AvgIpc) is 3.36. The van der Waals surface area contributed by atoms with Crippen molar-refractivity contribution in [3.8, 4) is 17.1 Å². The molecule has 0 radical (unpaired) electrons. The first-order valence-electron chi connectivity index (χ1n) is 8.55. The number of hydrogen-bond donors (Lipinski definition) is 1. The maximum Gasteiger partial charge on any atom is 0.305 e. The second-order valence-corrected chi connectivity index (χ2v) is 6.20. The lowest BCUT2D eigenvalue weighted by Crippen LogP contribution is -2.35. The molecule has 0 unspecified atom stereocenters. The number of hydrogen-bond acceptors (Lipinski definition) is 6. The van der Waals surface area contributed by atoms with Crippen LogP contribution in [0.3, 0.4) is 0 Å². The smallest absolute Gasteiger partial charge is 0.305 e. The lowest BCUT2D eigenvalue weighted by molar-refractivity contribution is -0.138. The van der Waals surface area contributed by atoms with Crippen LogP contribution in [0, 0.1) is 0 Å². The summed E-state index contributed by atoms with van der Waals surface area (Å²) in [6, 6.07) is 7.47. The molecule has 1 aliphatic rings. The topological polar surface area (TPSA) is 106 Å². The van der Waals surface area contributed by atoms with Crippen molar-refractivity contribution in [2.24, 2.45) is 0 Å². The maximum absolute atomic E-state index is 12.4. The number of carboxylic acid groups (broad SMARTS) is 1. The Balaban J connectivity index is 1.56. The van der Waals surface area contributed by atoms with Crippen molar-refractivity contribution in [1.29, 1.82) is 0 Å². The molecule has 0 spiro atoms. The van der Waals surface area contributed by atoms with Gasteiger partial charge in [0.2, 0.25) is 17.6 Å².